The van der Waals surface area contributed by atoms with Crippen molar-refractivity contribution in [3.05, 3.63) is 129 Å². The van der Waals surface area contributed by atoms with Crippen molar-refractivity contribution in [2.24, 2.45) is 0 Å². The zero-order valence-corrected chi connectivity index (χ0v) is 22.4. The number of carbonyl (C=O) groups excluding carboxylic acids is 1. The molecule has 0 bridgehead atoms. The number of amides is 1. The number of methoxy groups -OCH3 is 2. The van der Waals surface area contributed by atoms with Crippen molar-refractivity contribution >= 4 is 11.6 Å². The molecule has 1 atom stereocenters. The molecule has 1 amide bonds. The fraction of sp³-hybridized carbons (Fsp3) is 0.219. The molecule has 0 N–H and O–H groups in total. The Labute approximate surface area is 232 Å². The van der Waals surface area contributed by atoms with E-state index in [4.69, 9.17) is 14.2 Å². The molecular formula is C32H30N2O6. The molecule has 1 heterocycles. The molecule has 0 radical (unpaired) electrons. The highest BCUT2D eigenvalue weighted by atomic mass is 16.6. The first-order valence-electron chi connectivity index (χ1n) is 13.0. The average molecular weight is 539 g/mol. The number of nitrogens with zero attached hydrogens (tertiary/aromatic N) is 2. The maximum Gasteiger partial charge on any atom is 0.269 e. The van der Waals surface area contributed by atoms with Crippen molar-refractivity contribution in [2.75, 3.05) is 27.4 Å². The first-order chi connectivity index (χ1) is 19.5. The second kappa shape index (κ2) is 11.9. The highest BCUT2D eigenvalue weighted by Crippen LogP contribution is 2.40. The van der Waals surface area contributed by atoms with E-state index in [1.165, 1.54) is 12.1 Å². The van der Waals surface area contributed by atoms with Crippen LogP contribution in [-0.2, 0) is 11.2 Å². The number of ether oxygens (including phenoxy) is 3. The van der Waals surface area contributed by atoms with E-state index in [0.29, 0.717) is 30.2 Å². The van der Waals surface area contributed by atoms with Gasteiger partial charge in [0.1, 0.15) is 12.4 Å². The third kappa shape index (κ3) is 5.47. The average Bonchev–Trinajstić information content (AvgIpc) is 3.00. The zero-order chi connectivity index (χ0) is 28.1. The van der Waals surface area contributed by atoms with Gasteiger partial charge in [-0.2, -0.15) is 0 Å². The van der Waals surface area contributed by atoms with E-state index in [9.17, 15) is 14.9 Å². The molecule has 0 saturated heterocycles. The summed E-state index contributed by atoms with van der Waals surface area (Å²) in [5, 5.41) is 11.1. The lowest BCUT2D eigenvalue weighted by molar-refractivity contribution is -0.384. The molecule has 4 aromatic carbocycles. The number of benzene rings is 4. The minimum absolute atomic E-state index is 0.0161. The summed E-state index contributed by atoms with van der Waals surface area (Å²) in [5.74, 6) is 1.15. The molecule has 5 rings (SSSR count). The Morgan fingerprint density at radius 3 is 2.02 bits per heavy atom. The minimum atomic E-state index is -0.494. The molecule has 4 aromatic rings. The summed E-state index contributed by atoms with van der Waals surface area (Å²) in [7, 11) is 3.18. The first-order valence-corrected chi connectivity index (χ1v) is 13.0. The van der Waals surface area contributed by atoms with Crippen molar-refractivity contribution in [1.82, 2.24) is 4.90 Å². The normalized spacial score (nSPS) is 14.4. The van der Waals surface area contributed by atoms with Gasteiger partial charge in [-0.1, -0.05) is 60.7 Å². The summed E-state index contributed by atoms with van der Waals surface area (Å²) in [6.45, 7) is 0.647. The lowest BCUT2D eigenvalue weighted by Gasteiger charge is -2.39. The van der Waals surface area contributed by atoms with E-state index >= 15 is 0 Å². The molecule has 0 aromatic heterocycles. The summed E-state index contributed by atoms with van der Waals surface area (Å²) in [6.07, 6.45) is 0.645. The van der Waals surface area contributed by atoms with Crippen LogP contribution in [0.5, 0.6) is 17.2 Å². The molecular weight excluding hydrogens is 508 g/mol. The first kappa shape index (κ1) is 26.7. The van der Waals surface area contributed by atoms with E-state index in [-0.39, 0.29) is 18.2 Å². The Balaban J connectivity index is 1.54. The Bertz CT molecular complexity index is 1440. The van der Waals surface area contributed by atoms with Gasteiger partial charge in [-0.3, -0.25) is 14.9 Å². The largest absolute Gasteiger partial charge is 0.493 e. The van der Waals surface area contributed by atoms with E-state index in [2.05, 4.69) is 0 Å². The molecule has 8 nitrogen and oxygen atoms in total. The van der Waals surface area contributed by atoms with Crippen LogP contribution in [0.3, 0.4) is 0 Å². The van der Waals surface area contributed by atoms with Crippen LogP contribution in [0.2, 0.25) is 0 Å². The highest BCUT2D eigenvalue weighted by Gasteiger charge is 2.37. The number of nitro benzene ring substituents is 1. The smallest absolute Gasteiger partial charge is 0.269 e. The minimum Gasteiger partial charge on any atom is -0.493 e. The van der Waals surface area contributed by atoms with Gasteiger partial charge in [0.15, 0.2) is 11.5 Å². The third-order valence-electron chi connectivity index (χ3n) is 7.25. The summed E-state index contributed by atoms with van der Waals surface area (Å²) in [4.78, 5) is 27.0. The predicted molar refractivity (Wildman–Crippen MR) is 151 cm³/mol. The maximum absolute atomic E-state index is 14.5. The van der Waals surface area contributed by atoms with Gasteiger partial charge in [0.25, 0.3) is 5.69 Å². The SMILES string of the molecule is COc1cc2c(cc1OC)C(COc1ccc([N+](=O)[O-])cc1)N(C(=O)C(c1ccccc1)c1ccccc1)CC2. The van der Waals surface area contributed by atoms with Gasteiger partial charge in [-0.05, 0) is 52.9 Å². The van der Waals surface area contributed by atoms with Gasteiger partial charge in [0.05, 0.1) is 31.1 Å². The van der Waals surface area contributed by atoms with Gasteiger partial charge in [-0.15, -0.1) is 0 Å². The van der Waals surface area contributed by atoms with Crippen LogP contribution in [-0.4, -0.2) is 43.1 Å². The van der Waals surface area contributed by atoms with Crippen LogP contribution in [0.25, 0.3) is 0 Å². The molecule has 0 saturated carbocycles. The van der Waals surface area contributed by atoms with Gasteiger partial charge in [-0.25, -0.2) is 0 Å². The predicted octanol–water partition coefficient (Wildman–Crippen LogP) is 5.95. The van der Waals surface area contributed by atoms with Crippen molar-refractivity contribution in [1.29, 1.82) is 0 Å². The topological polar surface area (TPSA) is 91.1 Å². The summed E-state index contributed by atoms with van der Waals surface area (Å²) in [5.41, 5.74) is 3.77. The molecule has 40 heavy (non-hydrogen) atoms. The molecule has 204 valence electrons. The van der Waals surface area contributed by atoms with Crippen LogP contribution in [0.1, 0.15) is 34.2 Å². The van der Waals surface area contributed by atoms with Crippen LogP contribution < -0.4 is 14.2 Å². The molecule has 1 aliphatic rings. The molecule has 1 unspecified atom stereocenters. The molecule has 0 aliphatic carbocycles. The third-order valence-corrected chi connectivity index (χ3v) is 7.25. The summed E-state index contributed by atoms with van der Waals surface area (Å²) >= 11 is 0. The zero-order valence-electron chi connectivity index (χ0n) is 22.4. The van der Waals surface area contributed by atoms with Crippen molar-refractivity contribution in [2.45, 2.75) is 18.4 Å². The van der Waals surface area contributed by atoms with Crippen LogP contribution in [0, 0.1) is 10.1 Å². The second-order valence-electron chi connectivity index (χ2n) is 9.52. The molecule has 1 aliphatic heterocycles. The second-order valence-corrected chi connectivity index (χ2v) is 9.52. The number of non-ortho nitro benzene ring substituents is 1. The quantitative estimate of drug-likeness (QED) is 0.193. The van der Waals surface area contributed by atoms with E-state index in [1.807, 2.05) is 77.7 Å². The van der Waals surface area contributed by atoms with Gasteiger partial charge < -0.3 is 19.1 Å². The lowest BCUT2D eigenvalue weighted by atomic mass is 9.86. The summed E-state index contributed by atoms with van der Waals surface area (Å²) in [6, 6.07) is 28.9. The van der Waals surface area contributed by atoms with Crippen molar-refractivity contribution in [3.8, 4) is 17.2 Å². The number of hydrogen-bond acceptors (Lipinski definition) is 6. The van der Waals surface area contributed by atoms with Gasteiger partial charge in [0, 0.05) is 18.7 Å². The standard InChI is InChI=1S/C32H30N2O6/c1-38-29-19-24-17-18-33(32(35)31(22-9-5-3-6-10-22)23-11-7-4-8-12-23)28(27(24)20-30(29)39-2)21-40-26-15-13-25(14-16-26)34(36)37/h3-16,19-20,28,31H,17-18,21H2,1-2H3. The maximum atomic E-state index is 14.5. The Morgan fingerprint density at radius 2 is 1.48 bits per heavy atom. The molecule has 8 heteroatoms. The van der Waals surface area contributed by atoms with E-state index in [1.54, 1.807) is 26.4 Å². The number of carbonyl (C=O) groups is 1. The van der Waals surface area contributed by atoms with Gasteiger partial charge in [0.2, 0.25) is 5.91 Å². The fourth-order valence-corrected chi connectivity index (χ4v) is 5.25. The Hall–Kier alpha value is -4.85. The van der Waals surface area contributed by atoms with Crippen molar-refractivity contribution < 1.29 is 23.9 Å². The van der Waals surface area contributed by atoms with E-state index < -0.39 is 16.9 Å². The molecule has 0 spiro atoms. The number of hydrogen-bond donors (Lipinski definition) is 0. The van der Waals surface area contributed by atoms with Gasteiger partial charge >= 0.3 is 0 Å². The van der Waals surface area contributed by atoms with Crippen molar-refractivity contribution in [3.63, 3.8) is 0 Å². The Kier molecular flexibility index (Phi) is 7.96. The monoisotopic (exact) mass is 538 g/mol. The number of nitro groups is 1. The van der Waals surface area contributed by atoms with Crippen LogP contribution in [0.15, 0.2) is 97.1 Å². The number of fused-ring (bicyclic) bond motifs is 1. The summed E-state index contributed by atoms with van der Waals surface area (Å²) < 4.78 is 17.3. The molecule has 0 fully saturated rings. The lowest BCUT2D eigenvalue weighted by Crippen LogP contribution is -2.45. The van der Waals surface area contributed by atoms with Crippen LogP contribution in [0.4, 0.5) is 5.69 Å². The van der Waals surface area contributed by atoms with Crippen LogP contribution >= 0.6 is 0 Å². The van der Waals surface area contributed by atoms with E-state index in [0.717, 1.165) is 22.3 Å². The highest BCUT2D eigenvalue weighted by molar-refractivity contribution is 5.88. The number of rotatable bonds is 9. The Morgan fingerprint density at radius 1 is 0.900 bits per heavy atom. The fourth-order valence-electron chi connectivity index (χ4n) is 5.25.